The molecule has 0 bridgehead atoms. The van der Waals surface area contributed by atoms with Gasteiger partial charge >= 0.3 is 0 Å². The lowest BCUT2D eigenvalue weighted by molar-refractivity contribution is -0.126. The highest BCUT2D eigenvalue weighted by Gasteiger charge is 2.51. The summed E-state index contributed by atoms with van der Waals surface area (Å²) in [6, 6.07) is 0. The second kappa shape index (κ2) is 4.82. The first kappa shape index (κ1) is 13.8. The number of hydrogen-bond acceptors (Lipinski definition) is 3. The Morgan fingerprint density at radius 3 is 2.56 bits per heavy atom. The molecular formula is C14H27N3O. The third-order valence-electron chi connectivity index (χ3n) is 4.72. The highest BCUT2D eigenvalue weighted by molar-refractivity contribution is 5.86. The number of hydrogen-bond donors (Lipinski definition) is 2. The fraction of sp³-hybridized carbons (Fsp3) is 0.929. The molecule has 1 amide bonds. The predicted molar refractivity (Wildman–Crippen MR) is 73.2 cm³/mol. The quantitative estimate of drug-likeness (QED) is 0.745. The van der Waals surface area contributed by atoms with Crippen molar-refractivity contribution >= 4 is 5.91 Å². The van der Waals surface area contributed by atoms with Crippen LogP contribution in [0.5, 0.6) is 0 Å². The van der Waals surface area contributed by atoms with Gasteiger partial charge in [-0.05, 0) is 58.5 Å². The molecule has 2 fully saturated rings. The smallest absolute Gasteiger partial charge is 0.239 e. The Hall–Kier alpha value is -0.610. The zero-order valence-corrected chi connectivity index (χ0v) is 12.0. The van der Waals surface area contributed by atoms with E-state index in [1.807, 2.05) is 0 Å². The Labute approximate surface area is 110 Å². The molecule has 4 heteroatoms. The number of likely N-dealkylation sites (tertiary alicyclic amines) is 1. The lowest BCUT2D eigenvalue weighted by atomic mass is 9.89. The maximum Gasteiger partial charge on any atom is 0.239 e. The molecule has 4 nitrogen and oxygen atoms in total. The van der Waals surface area contributed by atoms with Gasteiger partial charge in [-0.3, -0.25) is 9.69 Å². The summed E-state index contributed by atoms with van der Waals surface area (Å²) in [6.45, 7) is 9.24. The van der Waals surface area contributed by atoms with Gasteiger partial charge in [0.1, 0.15) is 5.54 Å². The third-order valence-corrected chi connectivity index (χ3v) is 4.72. The standard InChI is InChI=1S/C14H27N3O/c1-4-16-14(12(15)18,11-6-7-11)10-17-9-5-8-13(17,2)3/h11,16H,4-10H2,1-3H3,(H2,15,18). The van der Waals surface area contributed by atoms with E-state index >= 15 is 0 Å². The topological polar surface area (TPSA) is 58.4 Å². The van der Waals surface area contributed by atoms with Crippen LogP contribution in [0.25, 0.3) is 0 Å². The van der Waals surface area contributed by atoms with E-state index in [9.17, 15) is 4.79 Å². The Morgan fingerprint density at radius 1 is 1.50 bits per heavy atom. The van der Waals surface area contributed by atoms with Crippen LogP contribution in [-0.2, 0) is 4.79 Å². The fourth-order valence-electron chi connectivity index (χ4n) is 3.34. The molecule has 0 aromatic rings. The molecule has 18 heavy (non-hydrogen) atoms. The van der Waals surface area contributed by atoms with Gasteiger partial charge in [0.15, 0.2) is 0 Å². The molecule has 1 atom stereocenters. The maximum atomic E-state index is 12.0. The van der Waals surface area contributed by atoms with Crippen molar-refractivity contribution in [1.29, 1.82) is 0 Å². The number of likely N-dealkylation sites (N-methyl/N-ethyl adjacent to an activating group) is 1. The monoisotopic (exact) mass is 253 g/mol. The first-order valence-electron chi connectivity index (χ1n) is 7.22. The molecular weight excluding hydrogens is 226 g/mol. The van der Waals surface area contributed by atoms with E-state index in [1.165, 1.54) is 12.8 Å². The second-order valence-corrected chi connectivity index (χ2v) is 6.48. The van der Waals surface area contributed by atoms with Crippen LogP contribution in [-0.4, -0.2) is 41.5 Å². The van der Waals surface area contributed by atoms with E-state index in [2.05, 4.69) is 31.0 Å². The van der Waals surface area contributed by atoms with Gasteiger partial charge in [0.2, 0.25) is 5.91 Å². The van der Waals surface area contributed by atoms with Crippen LogP contribution in [0.15, 0.2) is 0 Å². The second-order valence-electron chi connectivity index (χ2n) is 6.48. The molecule has 2 rings (SSSR count). The number of carbonyl (C=O) groups excluding carboxylic acids is 1. The highest BCUT2D eigenvalue weighted by atomic mass is 16.1. The number of carbonyl (C=O) groups is 1. The van der Waals surface area contributed by atoms with Crippen LogP contribution in [0, 0.1) is 5.92 Å². The van der Waals surface area contributed by atoms with Crippen LogP contribution in [0.4, 0.5) is 0 Å². The van der Waals surface area contributed by atoms with Gasteiger partial charge in [0.25, 0.3) is 0 Å². The molecule has 0 radical (unpaired) electrons. The van der Waals surface area contributed by atoms with E-state index in [4.69, 9.17) is 5.73 Å². The lowest BCUT2D eigenvalue weighted by Gasteiger charge is -2.41. The molecule has 3 N–H and O–H groups in total. The van der Waals surface area contributed by atoms with Crippen molar-refractivity contribution in [3.8, 4) is 0 Å². The Morgan fingerprint density at radius 2 is 2.17 bits per heavy atom. The summed E-state index contributed by atoms with van der Waals surface area (Å²) in [4.78, 5) is 14.5. The highest BCUT2D eigenvalue weighted by Crippen LogP contribution is 2.42. The van der Waals surface area contributed by atoms with Crippen molar-refractivity contribution in [2.75, 3.05) is 19.6 Å². The van der Waals surface area contributed by atoms with Gasteiger partial charge in [0, 0.05) is 12.1 Å². The Kier molecular flexibility index (Phi) is 3.70. The number of nitrogens with two attached hydrogens (primary N) is 1. The fourth-order valence-corrected chi connectivity index (χ4v) is 3.34. The van der Waals surface area contributed by atoms with E-state index in [1.54, 1.807) is 0 Å². The first-order chi connectivity index (χ1) is 8.42. The number of nitrogens with one attached hydrogen (secondary N) is 1. The molecule has 0 spiro atoms. The minimum absolute atomic E-state index is 0.172. The summed E-state index contributed by atoms with van der Waals surface area (Å²) in [5.41, 5.74) is 5.43. The summed E-state index contributed by atoms with van der Waals surface area (Å²) < 4.78 is 0. The van der Waals surface area contributed by atoms with E-state index in [-0.39, 0.29) is 11.4 Å². The molecule has 104 valence electrons. The van der Waals surface area contributed by atoms with Crippen LogP contribution < -0.4 is 11.1 Å². The normalized spacial score (nSPS) is 27.1. The van der Waals surface area contributed by atoms with Gasteiger partial charge < -0.3 is 11.1 Å². The van der Waals surface area contributed by atoms with Crippen LogP contribution in [0.1, 0.15) is 46.5 Å². The first-order valence-corrected chi connectivity index (χ1v) is 7.22. The molecule has 1 saturated heterocycles. The minimum Gasteiger partial charge on any atom is -0.368 e. The van der Waals surface area contributed by atoms with Gasteiger partial charge in [0.05, 0.1) is 0 Å². The largest absolute Gasteiger partial charge is 0.368 e. The number of amides is 1. The zero-order valence-electron chi connectivity index (χ0n) is 12.0. The summed E-state index contributed by atoms with van der Waals surface area (Å²) in [5, 5.41) is 3.41. The molecule has 1 unspecified atom stereocenters. The Bertz CT molecular complexity index is 325. The summed E-state index contributed by atoms with van der Waals surface area (Å²) in [7, 11) is 0. The van der Waals surface area contributed by atoms with E-state index in [0.717, 1.165) is 32.5 Å². The summed E-state index contributed by atoms with van der Waals surface area (Å²) in [5.74, 6) is 0.265. The predicted octanol–water partition coefficient (Wildman–Crippen LogP) is 1.10. The number of rotatable bonds is 6. The SMILES string of the molecule is CCNC(CN1CCCC1(C)C)(C(N)=O)C1CC1. The van der Waals surface area contributed by atoms with Crippen molar-refractivity contribution in [3.05, 3.63) is 0 Å². The molecule has 1 saturated carbocycles. The molecule has 0 aromatic carbocycles. The van der Waals surface area contributed by atoms with Crippen molar-refractivity contribution in [2.24, 2.45) is 11.7 Å². The van der Waals surface area contributed by atoms with Crippen molar-refractivity contribution < 1.29 is 4.79 Å². The summed E-state index contributed by atoms with van der Waals surface area (Å²) in [6.07, 6.45) is 4.69. The Balaban J connectivity index is 2.16. The molecule has 2 aliphatic rings. The van der Waals surface area contributed by atoms with Gasteiger partial charge in [-0.25, -0.2) is 0 Å². The third kappa shape index (κ3) is 2.41. The van der Waals surface area contributed by atoms with Crippen molar-refractivity contribution in [2.45, 2.75) is 57.5 Å². The average molecular weight is 253 g/mol. The number of nitrogens with zero attached hydrogens (tertiary/aromatic N) is 1. The van der Waals surface area contributed by atoms with Crippen molar-refractivity contribution in [1.82, 2.24) is 10.2 Å². The minimum atomic E-state index is -0.504. The maximum absolute atomic E-state index is 12.0. The molecule has 1 aliphatic carbocycles. The van der Waals surface area contributed by atoms with Crippen LogP contribution in [0.2, 0.25) is 0 Å². The van der Waals surface area contributed by atoms with Gasteiger partial charge in [-0.1, -0.05) is 6.92 Å². The summed E-state index contributed by atoms with van der Waals surface area (Å²) >= 11 is 0. The van der Waals surface area contributed by atoms with Crippen LogP contribution in [0.3, 0.4) is 0 Å². The zero-order chi connectivity index (χ0) is 13.4. The van der Waals surface area contributed by atoms with Gasteiger partial charge in [-0.15, -0.1) is 0 Å². The lowest BCUT2D eigenvalue weighted by Crippen LogP contribution is -2.64. The van der Waals surface area contributed by atoms with Crippen LogP contribution >= 0.6 is 0 Å². The molecule has 0 aromatic heterocycles. The van der Waals surface area contributed by atoms with E-state index in [0.29, 0.717) is 5.92 Å². The van der Waals surface area contributed by atoms with E-state index < -0.39 is 5.54 Å². The van der Waals surface area contributed by atoms with Crippen molar-refractivity contribution in [3.63, 3.8) is 0 Å². The average Bonchev–Trinajstić information content (AvgIpc) is 3.05. The molecule has 1 aliphatic heterocycles. The van der Waals surface area contributed by atoms with Gasteiger partial charge in [-0.2, -0.15) is 0 Å². The molecule has 1 heterocycles. The number of primary amides is 1.